The van der Waals surface area contributed by atoms with Crippen LogP contribution in [0, 0.1) is 11.8 Å². The third kappa shape index (κ3) is 2.19. The molecule has 0 aliphatic rings. The van der Waals surface area contributed by atoms with E-state index in [0.29, 0.717) is 0 Å². The number of fused-ring (bicyclic) bond motifs is 1. The van der Waals surface area contributed by atoms with Crippen molar-refractivity contribution in [1.29, 1.82) is 0 Å². The summed E-state index contributed by atoms with van der Waals surface area (Å²) in [5.41, 5.74) is 1.14. The molecule has 0 unspecified atom stereocenters. The second-order valence-electron chi connectivity index (χ2n) is 3.58. The molecule has 0 heterocycles. The summed E-state index contributed by atoms with van der Waals surface area (Å²) >= 11 is 0. The lowest BCUT2D eigenvalue weighted by molar-refractivity contribution is 0.983. The van der Waals surface area contributed by atoms with Crippen molar-refractivity contribution < 1.29 is 0 Å². The number of benzene rings is 2. The molecular formula is C15H14. The first-order chi connectivity index (χ1) is 7.42. The number of unbranched alkanes of at least 4 members (excludes halogenated alkanes) is 1. The van der Waals surface area contributed by atoms with E-state index in [1.807, 2.05) is 0 Å². The molecule has 0 aromatic heterocycles. The first-order valence-electron chi connectivity index (χ1n) is 5.38. The van der Waals surface area contributed by atoms with Gasteiger partial charge in [0.2, 0.25) is 0 Å². The van der Waals surface area contributed by atoms with E-state index in [1.165, 1.54) is 10.8 Å². The van der Waals surface area contributed by atoms with Crippen molar-refractivity contribution in [2.75, 3.05) is 0 Å². The van der Waals surface area contributed by atoms with Crippen LogP contribution in [0.3, 0.4) is 0 Å². The molecule has 0 N–H and O–H groups in total. The Kier molecular flexibility index (Phi) is 3.05. The van der Waals surface area contributed by atoms with Gasteiger partial charge in [-0.3, -0.25) is 0 Å². The van der Waals surface area contributed by atoms with E-state index in [0.717, 1.165) is 18.4 Å². The monoisotopic (exact) mass is 194 g/mol. The molecule has 15 heavy (non-hydrogen) atoms. The van der Waals surface area contributed by atoms with E-state index in [-0.39, 0.29) is 0 Å². The van der Waals surface area contributed by atoms with Crippen LogP contribution in [0.1, 0.15) is 25.3 Å². The first kappa shape index (κ1) is 9.80. The average Bonchev–Trinajstić information content (AvgIpc) is 2.30. The summed E-state index contributed by atoms with van der Waals surface area (Å²) in [4.78, 5) is 0. The Bertz CT molecular complexity index is 507. The Morgan fingerprint density at radius 3 is 2.67 bits per heavy atom. The van der Waals surface area contributed by atoms with Gasteiger partial charge in [-0.15, -0.1) is 0 Å². The van der Waals surface area contributed by atoms with Crippen LogP contribution in [0.15, 0.2) is 42.5 Å². The highest BCUT2D eigenvalue weighted by atomic mass is 14.0. The van der Waals surface area contributed by atoms with E-state index >= 15 is 0 Å². The van der Waals surface area contributed by atoms with E-state index in [2.05, 4.69) is 61.2 Å². The van der Waals surface area contributed by atoms with Gasteiger partial charge in [0.25, 0.3) is 0 Å². The molecule has 2 aromatic rings. The minimum absolute atomic E-state index is 0.975. The third-order valence-electron chi connectivity index (χ3n) is 2.39. The summed E-state index contributed by atoms with van der Waals surface area (Å²) in [6, 6.07) is 14.7. The van der Waals surface area contributed by atoms with Gasteiger partial charge in [0, 0.05) is 12.0 Å². The van der Waals surface area contributed by atoms with Crippen LogP contribution in [-0.2, 0) is 0 Å². The van der Waals surface area contributed by atoms with Gasteiger partial charge >= 0.3 is 0 Å². The predicted molar refractivity (Wildman–Crippen MR) is 65.7 cm³/mol. The van der Waals surface area contributed by atoms with Crippen molar-refractivity contribution >= 4 is 10.8 Å². The van der Waals surface area contributed by atoms with Crippen LogP contribution in [0.4, 0.5) is 0 Å². The molecule has 0 aliphatic carbocycles. The average molecular weight is 194 g/mol. The second kappa shape index (κ2) is 4.66. The molecule has 74 valence electrons. The van der Waals surface area contributed by atoms with Crippen LogP contribution >= 0.6 is 0 Å². The maximum atomic E-state index is 3.24. The first-order valence-corrected chi connectivity index (χ1v) is 5.38. The van der Waals surface area contributed by atoms with Crippen molar-refractivity contribution in [1.82, 2.24) is 0 Å². The highest BCUT2D eigenvalue weighted by Crippen LogP contribution is 2.17. The Morgan fingerprint density at radius 1 is 1.00 bits per heavy atom. The molecule has 2 aromatic carbocycles. The topological polar surface area (TPSA) is 0 Å². The van der Waals surface area contributed by atoms with Gasteiger partial charge in [-0.05, 0) is 23.3 Å². The van der Waals surface area contributed by atoms with Gasteiger partial charge in [-0.1, -0.05) is 55.2 Å². The fraction of sp³-hybridized carbons (Fsp3) is 0.200. The summed E-state index contributed by atoms with van der Waals surface area (Å²) in [6.45, 7) is 2.15. The summed E-state index contributed by atoms with van der Waals surface area (Å²) < 4.78 is 0. The Morgan fingerprint density at radius 2 is 1.80 bits per heavy atom. The van der Waals surface area contributed by atoms with Crippen LogP contribution < -0.4 is 0 Å². The molecule has 0 saturated carbocycles. The molecular weight excluding hydrogens is 180 g/mol. The van der Waals surface area contributed by atoms with Gasteiger partial charge in [-0.2, -0.15) is 0 Å². The minimum Gasteiger partial charge on any atom is -0.0979 e. The Hall–Kier alpha value is -1.74. The van der Waals surface area contributed by atoms with Crippen LogP contribution in [0.25, 0.3) is 10.8 Å². The standard InChI is InChI=1S/C15H14/c1-2-3-4-8-13-10-7-11-14-9-5-6-12-15(13)14/h5-7,9-12H,2-3H2,1H3. The molecule has 0 aliphatic heterocycles. The fourth-order valence-corrected chi connectivity index (χ4v) is 1.62. The van der Waals surface area contributed by atoms with Crippen LogP contribution in [0.2, 0.25) is 0 Å². The van der Waals surface area contributed by atoms with Crippen molar-refractivity contribution in [2.45, 2.75) is 19.8 Å². The highest BCUT2D eigenvalue weighted by molar-refractivity contribution is 5.88. The molecule has 2 rings (SSSR count). The predicted octanol–water partition coefficient (Wildman–Crippen LogP) is 3.99. The molecule has 0 saturated heterocycles. The number of hydrogen-bond acceptors (Lipinski definition) is 0. The molecule has 0 radical (unpaired) electrons. The maximum absolute atomic E-state index is 3.24. The lowest BCUT2D eigenvalue weighted by Gasteiger charge is -1.99. The maximum Gasteiger partial charge on any atom is 0.0323 e. The molecule has 0 heteroatoms. The second-order valence-corrected chi connectivity index (χ2v) is 3.58. The number of rotatable bonds is 1. The summed E-state index contributed by atoms with van der Waals surface area (Å²) in [5, 5.41) is 2.52. The minimum atomic E-state index is 0.975. The van der Waals surface area contributed by atoms with E-state index < -0.39 is 0 Å². The molecule has 0 nitrogen and oxygen atoms in total. The van der Waals surface area contributed by atoms with Crippen molar-refractivity contribution in [3.8, 4) is 11.8 Å². The SMILES string of the molecule is CCCC#Cc1cccc2ccccc12. The zero-order chi connectivity index (χ0) is 10.5. The molecule has 0 amide bonds. The third-order valence-corrected chi connectivity index (χ3v) is 2.39. The number of hydrogen-bond donors (Lipinski definition) is 0. The van der Waals surface area contributed by atoms with Gasteiger partial charge in [-0.25, -0.2) is 0 Å². The normalized spacial score (nSPS) is 9.67. The summed E-state index contributed by atoms with van der Waals surface area (Å²) in [5.74, 6) is 6.43. The van der Waals surface area contributed by atoms with Gasteiger partial charge < -0.3 is 0 Å². The van der Waals surface area contributed by atoms with Crippen LogP contribution in [0.5, 0.6) is 0 Å². The fourth-order valence-electron chi connectivity index (χ4n) is 1.62. The highest BCUT2D eigenvalue weighted by Gasteiger charge is 1.95. The van der Waals surface area contributed by atoms with Crippen molar-refractivity contribution in [3.63, 3.8) is 0 Å². The summed E-state index contributed by atoms with van der Waals surface area (Å²) in [7, 11) is 0. The quantitative estimate of drug-likeness (QED) is 0.602. The molecule has 0 fully saturated rings. The lowest BCUT2D eigenvalue weighted by Crippen LogP contribution is -1.78. The van der Waals surface area contributed by atoms with Crippen molar-refractivity contribution in [2.24, 2.45) is 0 Å². The van der Waals surface area contributed by atoms with Gasteiger partial charge in [0.1, 0.15) is 0 Å². The van der Waals surface area contributed by atoms with E-state index in [1.54, 1.807) is 0 Å². The Labute approximate surface area is 90.9 Å². The molecule has 0 spiro atoms. The zero-order valence-electron chi connectivity index (χ0n) is 8.96. The van der Waals surface area contributed by atoms with E-state index in [4.69, 9.17) is 0 Å². The van der Waals surface area contributed by atoms with Crippen LogP contribution in [-0.4, -0.2) is 0 Å². The zero-order valence-corrected chi connectivity index (χ0v) is 8.96. The molecule has 0 bridgehead atoms. The lowest BCUT2D eigenvalue weighted by atomic mass is 10.0. The van der Waals surface area contributed by atoms with Gasteiger partial charge in [0.05, 0.1) is 0 Å². The largest absolute Gasteiger partial charge is 0.0979 e. The van der Waals surface area contributed by atoms with Crippen molar-refractivity contribution in [3.05, 3.63) is 48.0 Å². The molecule has 0 atom stereocenters. The Balaban J connectivity index is 2.48. The smallest absolute Gasteiger partial charge is 0.0323 e. The summed E-state index contributed by atoms with van der Waals surface area (Å²) in [6.07, 6.45) is 2.10. The van der Waals surface area contributed by atoms with Gasteiger partial charge in [0.15, 0.2) is 0 Å². The van der Waals surface area contributed by atoms with E-state index in [9.17, 15) is 0 Å².